The molecule has 0 aliphatic rings. The SMILES string of the molecule is Cc1cccnc1CCCC=C=CN=C(N)NC(N)=O. The van der Waals surface area contributed by atoms with Gasteiger partial charge in [0.05, 0.1) is 6.20 Å². The number of allylic oxidation sites excluding steroid dienone is 1. The molecule has 0 bridgehead atoms. The Morgan fingerprint density at radius 1 is 1.55 bits per heavy atom. The highest BCUT2D eigenvalue weighted by atomic mass is 16.2. The summed E-state index contributed by atoms with van der Waals surface area (Å²) in [6.07, 6.45) is 7.83. The number of unbranched alkanes of at least 4 members (excludes halogenated alkanes) is 1. The average Bonchev–Trinajstić information content (AvgIpc) is 2.38. The van der Waals surface area contributed by atoms with E-state index in [-0.39, 0.29) is 5.96 Å². The second kappa shape index (κ2) is 8.50. The van der Waals surface area contributed by atoms with E-state index in [1.807, 2.05) is 12.1 Å². The van der Waals surface area contributed by atoms with Crippen LogP contribution in [0.5, 0.6) is 0 Å². The highest BCUT2D eigenvalue weighted by Crippen LogP contribution is 2.07. The van der Waals surface area contributed by atoms with Crippen molar-refractivity contribution in [1.29, 1.82) is 0 Å². The fourth-order valence-electron chi connectivity index (χ4n) is 1.55. The van der Waals surface area contributed by atoms with Crippen LogP contribution in [-0.2, 0) is 6.42 Å². The third kappa shape index (κ3) is 6.37. The second-order valence-corrected chi connectivity index (χ2v) is 4.16. The van der Waals surface area contributed by atoms with Gasteiger partial charge in [0, 0.05) is 11.9 Å². The van der Waals surface area contributed by atoms with Gasteiger partial charge in [-0.2, -0.15) is 0 Å². The van der Waals surface area contributed by atoms with Crippen molar-refractivity contribution in [3.8, 4) is 0 Å². The van der Waals surface area contributed by atoms with Crippen molar-refractivity contribution in [3.05, 3.63) is 47.6 Å². The van der Waals surface area contributed by atoms with Crippen LogP contribution in [0.15, 0.2) is 41.3 Å². The Balaban J connectivity index is 2.32. The molecular weight excluding hydrogens is 254 g/mol. The Morgan fingerprint density at radius 3 is 3.05 bits per heavy atom. The number of hydrogen-bond acceptors (Lipinski definition) is 3. The molecule has 1 heterocycles. The molecule has 0 atom stereocenters. The van der Waals surface area contributed by atoms with Crippen LogP contribution >= 0.6 is 0 Å². The van der Waals surface area contributed by atoms with Gasteiger partial charge in [-0.1, -0.05) is 6.07 Å². The van der Waals surface area contributed by atoms with Gasteiger partial charge in [0.2, 0.25) is 5.96 Å². The number of nitrogens with one attached hydrogen (secondary N) is 1. The molecule has 6 heteroatoms. The summed E-state index contributed by atoms with van der Waals surface area (Å²) in [6, 6.07) is 3.25. The molecule has 0 spiro atoms. The van der Waals surface area contributed by atoms with Crippen molar-refractivity contribution in [2.24, 2.45) is 16.5 Å². The van der Waals surface area contributed by atoms with Crippen LogP contribution in [0.3, 0.4) is 0 Å². The van der Waals surface area contributed by atoms with E-state index in [0.717, 1.165) is 25.0 Å². The molecule has 0 radical (unpaired) electrons. The molecule has 0 unspecified atom stereocenters. The lowest BCUT2D eigenvalue weighted by Gasteiger charge is -2.01. The molecule has 2 amide bonds. The number of nitrogens with two attached hydrogens (primary N) is 2. The Labute approximate surface area is 118 Å². The van der Waals surface area contributed by atoms with E-state index in [9.17, 15) is 4.79 Å². The third-order valence-electron chi connectivity index (χ3n) is 2.53. The van der Waals surface area contributed by atoms with Crippen LogP contribution in [0.1, 0.15) is 24.1 Å². The fourth-order valence-corrected chi connectivity index (χ4v) is 1.55. The molecular formula is C14H19N5O. The van der Waals surface area contributed by atoms with Crippen LogP contribution in [0.2, 0.25) is 0 Å². The molecule has 0 fully saturated rings. The van der Waals surface area contributed by atoms with Gasteiger partial charge in [-0.25, -0.2) is 9.79 Å². The predicted molar refractivity (Wildman–Crippen MR) is 78.9 cm³/mol. The van der Waals surface area contributed by atoms with Crippen LogP contribution < -0.4 is 16.8 Å². The fraction of sp³-hybridized carbons (Fsp3) is 0.286. The third-order valence-corrected chi connectivity index (χ3v) is 2.53. The van der Waals surface area contributed by atoms with Gasteiger partial charge in [-0.15, -0.1) is 5.73 Å². The lowest BCUT2D eigenvalue weighted by atomic mass is 10.1. The quantitative estimate of drug-likeness (QED) is 0.326. The number of guanidine groups is 1. The van der Waals surface area contributed by atoms with Crippen molar-refractivity contribution >= 4 is 12.0 Å². The van der Waals surface area contributed by atoms with Gasteiger partial charge in [0.15, 0.2) is 0 Å². The van der Waals surface area contributed by atoms with Gasteiger partial charge in [-0.3, -0.25) is 10.3 Å². The van der Waals surface area contributed by atoms with E-state index >= 15 is 0 Å². The van der Waals surface area contributed by atoms with Crippen LogP contribution in [0.4, 0.5) is 4.79 Å². The maximum absolute atomic E-state index is 10.4. The smallest absolute Gasteiger partial charge is 0.318 e. The summed E-state index contributed by atoms with van der Waals surface area (Å²) < 4.78 is 0. The number of carbonyl (C=O) groups is 1. The summed E-state index contributed by atoms with van der Waals surface area (Å²) in [7, 11) is 0. The molecule has 0 aliphatic carbocycles. The first-order valence-corrected chi connectivity index (χ1v) is 6.29. The predicted octanol–water partition coefficient (Wildman–Crippen LogP) is 1.36. The molecule has 20 heavy (non-hydrogen) atoms. The number of hydrogen-bond donors (Lipinski definition) is 3. The molecule has 0 aliphatic heterocycles. The lowest BCUT2D eigenvalue weighted by Crippen LogP contribution is -2.39. The van der Waals surface area contributed by atoms with Crippen molar-refractivity contribution < 1.29 is 4.79 Å². The molecule has 106 valence electrons. The molecule has 0 saturated carbocycles. The van der Waals surface area contributed by atoms with Gasteiger partial charge in [0.1, 0.15) is 0 Å². The molecule has 6 nitrogen and oxygen atoms in total. The van der Waals surface area contributed by atoms with Gasteiger partial charge in [0.25, 0.3) is 0 Å². The van der Waals surface area contributed by atoms with Crippen LogP contribution in [0.25, 0.3) is 0 Å². The van der Waals surface area contributed by atoms with E-state index in [4.69, 9.17) is 11.5 Å². The molecule has 1 rings (SSSR count). The highest BCUT2D eigenvalue weighted by Gasteiger charge is 1.96. The van der Waals surface area contributed by atoms with Crippen molar-refractivity contribution in [3.63, 3.8) is 0 Å². The largest absolute Gasteiger partial charge is 0.369 e. The van der Waals surface area contributed by atoms with Crippen molar-refractivity contribution in [2.75, 3.05) is 0 Å². The van der Waals surface area contributed by atoms with E-state index < -0.39 is 6.03 Å². The highest BCUT2D eigenvalue weighted by molar-refractivity contribution is 5.94. The number of rotatable bonds is 5. The monoisotopic (exact) mass is 273 g/mol. The first kappa shape index (κ1) is 15.5. The summed E-state index contributed by atoms with van der Waals surface area (Å²) in [4.78, 5) is 18.5. The summed E-state index contributed by atoms with van der Waals surface area (Å²) >= 11 is 0. The minimum atomic E-state index is -0.741. The molecule has 1 aromatic rings. The first-order valence-electron chi connectivity index (χ1n) is 6.29. The minimum Gasteiger partial charge on any atom is -0.369 e. The number of urea groups is 1. The summed E-state index contributed by atoms with van der Waals surface area (Å²) in [5.41, 5.74) is 15.4. The van der Waals surface area contributed by atoms with Gasteiger partial charge in [-0.05, 0) is 43.9 Å². The first-order chi connectivity index (χ1) is 9.59. The van der Waals surface area contributed by atoms with Crippen molar-refractivity contribution in [2.45, 2.75) is 26.2 Å². The number of pyridine rings is 1. The standard InChI is InChI=1S/C14H19N5O/c1-11-7-6-10-17-12(11)8-4-2-3-5-9-18-13(15)19-14(16)20/h3,6-7,9-10H,2,4,8H2,1H3,(H5,15,16,18,19,20). The lowest BCUT2D eigenvalue weighted by molar-refractivity contribution is 0.253. The topological polar surface area (TPSA) is 106 Å². The second-order valence-electron chi connectivity index (χ2n) is 4.16. The zero-order valence-corrected chi connectivity index (χ0v) is 11.5. The summed E-state index contributed by atoms with van der Waals surface area (Å²) in [5.74, 6) is -0.0532. The van der Waals surface area contributed by atoms with Gasteiger partial charge < -0.3 is 11.5 Å². The molecule has 0 aromatic carbocycles. The molecule has 0 saturated heterocycles. The summed E-state index contributed by atoms with van der Waals surface area (Å²) in [6.45, 7) is 2.06. The van der Waals surface area contributed by atoms with E-state index in [1.54, 1.807) is 6.20 Å². The number of amides is 2. The maximum atomic E-state index is 10.4. The normalized spacial score (nSPS) is 10.6. The minimum absolute atomic E-state index is 0.0532. The Hall–Kier alpha value is -2.59. The number of nitrogens with zero attached hydrogens (tertiary/aromatic N) is 2. The van der Waals surface area contributed by atoms with E-state index in [2.05, 4.69) is 34.0 Å². The Bertz CT molecular complexity index is 544. The van der Waals surface area contributed by atoms with Crippen molar-refractivity contribution in [1.82, 2.24) is 10.3 Å². The van der Waals surface area contributed by atoms with Crippen LogP contribution in [0, 0.1) is 6.92 Å². The average molecular weight is 273 g/mol. The summed E-state index contributed by atoms with van der Waals surface area (Å²) in [5, 5.41) is 2.15. The van der Waals surface area contributed by atoms with E-state index in [0.29, 0.717) is 0 Å². The number of carbonyl (C=O) groups excluding carboxylic acids is 1. The number of primary amides is 1. The van der Waals surface area contributed by atoms with E-state index in [1.165, 1.54) is 11.8 Å². The zero-order valence-electron chi connectivity index (χ0n) is 11.5. The van der Waals surface area contributed by atoms with Crippen LogP contribution in [-0.4, -0.2) is 17.0 Å². The molecule has 1 aromatic heterocycles. The number of aromatic nitrogens is 1. The number of aliphatic imine (C=N–C) groups is 1. The number of aryl methyl sites for hydroxylation is 2. The Kier molecular flexibility index (Phi) is 6.57. The molecule has 5 N–H and O–H groups in total. The zero-order chi connectivity index (χ0) is 14.8. The van der Waals surface area contributed by atoms with Gasteiger partial charge >= 0.3 is 6.03 Å². The Morgan fingerprint density at radius 2 is 2.35 bits per heavy atom. The maximum Gasteiger partial charge on any atom is 0.318 e.